The van der Waals surface area contributed by atoms with E-state index < -0.39 is 46.5 Å². The highest BCUT2D eigenvalue weighted by Gasteiger charge is 2.53. The molecule has 1 aromatic heterocycles. The van der Waals surface area contributed by atoms with Crippen LogP contribution in [0.25, 0.3) is 0 Å². The van der Waals surface area contributed by atoms with E-state index in [-0.39, 0.29) is 12.2 Å². The van der Waals surface area contributed by atoms with Crippen molar-refractivity contribution >= 4 is 11.9 Å². The lowest BCUT2D eigenvalue weighted by Crippen LogP contribution is -2.45. The van der Waals surface area contributed by atoms with Crippen molar-refractivity contribution in [2.75, 3.05) is 27.9 Å². The lowest BCUT2D eigenvalue weighted by molar-refractivity contribution is -0.166. The summed E-state index contributed by atoms with van der Waals surface area (Å²) in [5, 5.41) is 0. The molecule has 11 nitrogen and oxygen atoms in total. The van der Waals surface area contributed by atoms with E-state index in [1.807, 2.05) is 84.9 Å². The van der Waals surface area contributed by atoms with Gasteiger partial charge >= 0.3 is 17.6 Å². The van der Waals surface area contributed by atoms with E-state index in [4.69, 9.17) is 23.7 Å². The van der Waals surface area contributed by atoms with Crippen LogP contribution in [0.4, 0.5) is 0 Å². The van der Waals surface area contributed by atoms with Crippen molar-refractivity contribution in [1.29, 1.82) is 0 Å². The Kier molecular flexibility index (Phi) is 9.36. The number of carbonyl (C=O) groups is 2. The van der Waals surface area contributed by atoms with Gasteiger partial charge in [-0.2, -0.15) is 0 Å². The highest BCUT2D eigenvalue weighted by atomic mass is 16.6. The van der Waals surface area contributed by atoms with Gasteiger partial charge in [0, 0.05) is 12.3 Å². The first-order valence-electron chi connectivity index (χ1n) is 14.4. The predicted molar refractivity (Wildman–Crippen MR) is 167 cm³/mol. The predicted octanol–water partition coefficient (Wildman–Crippen LogP) is 3.73. The summed E-state index contributed by atoms with van der Waals surface area (Å²) in [7, 11) is 3.91. The summed E-state index contributed by atoms with van der Waals surface area (Å²) in [6.07, 6.45) is 0.580. The van der Waals surface area contributed by atoms with E-state index in [2.05, 4.69) is 4.98 Å². The Hall–Kier alpha value is -5.26. The Labute approximate surface area is 265 Å². The Morgan fingerprint density at radius 2 is 1.35 bits per heavy atom. The Bertz CT molecular complexity index is 1770. The lowest BCUT2D eigenvalue weighted by atomic mass is 9.78. The summed E-state index contributed by atoms with van der Waals surface area (Å²) >= 11 is 0. The molecule has 4 aromatic rings. The first kappa shape index (κ1) is 32.1. The third kappa shape index (κ3) is 5.78. The molecule has 0 aliphatic carbocycles. The Balaban J connectivity index is 1.66. The van der Waals surface area contributed by atoms with Gasteiger partial charge in [-0.1, -0.05) is 72.8 Å². The fourth-order valence-corrected chi connectivity index (χ4v) is 5.78. The molecule has 0 saturated heterocycles. The molecule has 0 unspecified atom stereocenters. The molecule has 5 rings (SSSR count). The molecule has 0 radical (unpaired) electrons. The summed E-state index contributed by atoms with van der Waals surface area (Å²) in [6.45, 7) is 1.18. The van der Waals surface area contributed by atoms with Gasteiger partial charge in [0.05, 0.1) is 27.9 Å². The summed E-state index contributed by atoms with van der Waals surface area (Å²) in [5.74, 6) is -1.12. The second kappa shape index (κ2) is 13.4. The van der Waals surface area contributed by atoms with Crippen LogP contribution in [0.2, 0.25) is 0 Å². The van der Waals surface area contributed by atoms with E-state index in [1.54, 1.807) is 7.11 Å². The molecule has 1 aliphatic rings. The maximum Gasteiger partial charge on any atom is 0.330 e. The number of aromatic amines is 1. The number of aromatic nitrogens is 2. The minimum atomic E-state index is -1.96. The zero-order valence-electron chi connectivity index (χ0n) is 25.8. The number of esters is 2. The topological polar surface area (TPSA) is 135 Å². The number of benzene rings is 3. The highest BCUT2D eigenvalue weighted by molar-refractivity contribution is 6.03. The van der Waals surface area contributed by atoms with Gasteiger partial charge < -0.3 is 23.7 Å². The molecular weight excluding hydrogens is 592 g/mol. The van der Waals surface area contributed by atoms with Crippen LogP contribution in [0.5, 0.6) is 5.75 Å². The molecule has 0 spiro atoms. The molecule has 2 atom stereocenters. The number of carbonyl (C=O) groups excluding carboxylic acids is 2. The lowest BCUT2D eigenvalue weighted by Gasteiger charge is -2.38. The summed E-state index contributed by atoms with van der Waals surface area (Å²) in [6, 6.07) is 27.8. The third-order valence-electron chi connectivity index (χ3n) is 8.17. The zero-order chi connectivity index (χ0) is 32.9. The highest BCUT2D eigenvalue weighted by Crippen LogP contribution is 2.45. The van der Waals surface area contributed by atoms with Gasteiger partial charge in [-0.3, -0.25) is 23.9 Å². The second-order valence-corrected chi connectivity index (χ2v) is 10.7. The van der Waals surface area contributed by atoms with Crippen molar-refractivity contribution in [3.8, 4) is 5.75 Å². The molecule has 1 N–H and O–H groups in total. The Morgan fingerprint density at radius 3 is 1.85 bits per heavy atom. The summed E-state index contributed by atoms with van der Waals surface area (Å²) in [4.78, 5) is 53.3. The SMILES string of the molecule is COC(=O)C(C)(C(=O)OC)C1=C[C@H](n2ccc(=O)[nH]c2=O)O[C@@H]1COC(c1ccccc1)(c1ccccc1)c1ccc(OC)cc1. The van der Waals surface area contributed by atoms with E-state index >= 15 is 0 Å². The molecule has 11 heteroatoms. The molecule has 3 aromatic carbocycles. The number of hydrogen-bond acceptors (Lipinski definition) is 9. The van der Waals surface area contributed by atoms with Gasteiger partial charge in [0.15, 0.2) is 11.6 Å². The van der Waals surface area contributed by atoms with Crippen molar-refractivity contribution in [2.45, 2.75) is 24.9 Å². The monoisotopic (exact) mass is 626 g/mol. The molecule has 238 valence electrons. The minimum Gasteiger partial charge on any atom is -0.497 e. The zero-order valence-corrected chi connectivity index (χ0v) is 25.8. The van der Waals surface area contributed by atoms with Crippen molar-refractivity contribution in [1.82, 2.24) is 9.55 Å². The fourth-order valence-electron chi connectivity index (χ4n) is 5.78. The standard InChI is InChI=1S/C35H34N2O9/c1-34(31(39)43-3,32(40)44-4)27-21-30(37-20-19-29(38)36-33(37)41)46-28(27)22-45-35(23-11-7-5-8-12-23,24-13-9-6-10-14-24)25-15-17-26(42-2)18-16-25/h5-21,28,30H,22H2,1-4H3,(H,36,38,41)/t28-,30-/m1/s1. The van der Waals surface area contributed by atoms with Crippen molar-refractivity contribution in [2.24, 2.45) is 5.41 Å². The van der Waals surface area contributed by atoms with Gasteiger partial charge in [-0.05, 0) is 47.4 Å². The van der Waals surface area contributed by atoms with E-state index in [9.17, 15) is 19.2 Å². The van der Waals surface area contributed by atoms with Crippen LogP contribution in [0, 0.1) is 5.41 Å². The molecule has 46 heavy (non-hydrogen) atoms. The first-order chi connectivity index (χ1) is 22.2. The van der Waals surface area contributed by atoms with Crippen LogP contribution >= 0.6 is 0 Å². The number of nitrogens with zero attached hydrogens (tertiary/aromatic N) is 1. The quantitative estimate of drug-likeness (QED) is 0.114. The number of hydrogen-bond donors (Lipinski definition) is 1. The third-order valence-corrected chi connectivity index (χ3v) is 8.17. The molecule has 2 heterocycles. The largest absolute Gasteiger partial charge is 0.497 e. The van der Waals surface area contributed by atoms with Crippen LogP contribution < -0.4 is 16.0 Å². The summed E-state index contributed by atoms with van der Waals surface area (Å²) < 4.78 is 30.0. The van der Waals surface area contributed by atoms with Crippen LogP contribution in [0.1, 0.15) is 29.8 Å². The van der Waals surface area contributed by atoms with Gasteiger partial charge in [0.1, 0.15) is 17.5 Å². The van der Waals surface area contributed by atoms with Crippen molar-refractivity contribution in [3.63, 3.8) is 0 Å². The van der Waals surface area contributed by atoms with E-state index in [0.29, 0.717) is 5.75 Å². The van der Waals surface area contributed by atoms with Crippen LogP contribution in [-0.4, -0.2) is 55.5 Å². The molecule has 0 bridgehead atoms. The van der Waals surface area contributed by atoms with Crippen molar-refractivity contribution < 1.29 is 33.3 Å². The average Bonchev–Trinajstić information content (AvgIpc) is 3.53. The van der Waals surface area contributed by atoms with Gasteiger partial charge in [-0.25, -0.2) is 4.79 Å². The van der Waals surface area contributed by atoms with Crippen LogP contribution in [-0.2, 0) is 34.1 Å². The minimum absolute atomic E-state index is 0.166. The van der Waals surface area contributed by atoms with Crippen LogP contribution in [0.3, 0.4) is 0 Å². The number of methoxy groups -OCH3 is 3. The molecule has 1 aliphatic heterocycles. The number of H-pyrrole nitrogens is 1. The van der Waals surface area contributed by atoms with Crippen molar-refractivity contribution in [3.05, 3.63) is 146 Å². The maximum absolute atomic E-state index is 13.3. The molecule has 0 fully saturated rings. The van der Waals surface area contributed by atoms with E-state index in [0.717, 1.165) is 35.5 Å². The second-order valence-electron chi connectivity index (χ2n) is 10.7. The normalized spacial score (nSPS) is 16.4. The molecular formula is C35H34N2O9. The van der Waals surface area contributed by atoms with Gasteiger partial charge in [-0.15, -0.1) is 0 Å². The number of rotatable bonds is 11. The smallest absolute Gasteiger partial charge is 0.330 e. The average molecular weight is 627 g/mol. The van der Waals surface area contributed by atoms with E-state index in [1.165, 1.54) is 25.3 Å². The number of ether oxygens (including phenoxy) is 5. The first-order valence-corrected chi connectivity index (χ1v) is 14.4. The molecule has 0 saturated carbocycles. The Morgan fingerprint density at radius 1 is 0.804 bits per heavy atom. The number of nitrogens with one attached hydrogen (secondary N) is 1. The van der Waals surface area contributed by atoms with Crippen LogP contribution in [0.15, 0.2) is 118 Å². The van der Waals surface area contributed by atoms with Gasteiger partial charge in [0.2, 0.25) is 0 Å². The molecule has 0 amide bonds. The maximum atomic E-state index is 13.3. The summed E-state index contributed by atoms with van der Waals surface area (Å²) in [5.41, 5.74) is -1.96. The van der Waals surface area contributed by atoms with Gasteiger partial charge in [0.25, 0.3) is 5.56 Å². The fraction of sp³-hybridized carbons (Fsp3) is 0.257.